The molecule has 0 saturated carbocycles. The van der Waals surface area contributed by atoms with E-state index >= 15 is 0 Å². The highest BCUT2D eigenvalue weighted by Gasteiger charge is 2.12. The van der Waals surface area contributed by atoms with Crippen LogP contribution >= 0.6 is 11.3 Å². The van der Waals surface area contributed by atoms with E-state index in [-0.39, 0.29) is 12.1 Å². The summed E-state index contributed by atoms with van der Waals surface area (Å²) in [7, 11) is 1.96. The monoisotopic (exact) mass is 329 g/mol. The lowest BCUT2D eigenvalue weighted by Gasteiger charge is -2.21. The topological polar surface area (TPSA) is 58.4 Å². The minimum Gasteiger partial charge on any atom is -0.390 e. The first-order valence-corrected chi connectivity index (χ1v) is 8.34. The SMILES string of the molecule is CN(Cc1ccccc1)CC(O)Cn1cnc2ccsc2c1=O. The van der Waals surface area contributed by atoms with Gasteiger partial charge in [0, 0.05) is 13.1 Å². The fourth-order valence-electron chi connectivity index (χ4n) is 2.61. The zero-order valence-electron chi connectivity index (χ0n) is 12.9. The minimum atomic E-state index is -0.624. The van der Waals surface area contributed by atoms with Gasteiger partial charge in [-0.25, -0.2) is 4.98 Å². The molecule has 23 heavy (non-hydrogen) atoms. The summed E-state index contributed by atoms with van der Waals surface area (Å²) in [6.07, 6.45) is 0.887. The summed E-state index contributed by atoms with van der Waals surface area (Å²) < 4.78 is 2.12. The van der Waals surface area contributed by atoms with Crippen LogP contribution < -0.4 is 5.56 Å². The quantitative estimate of drug-likeness (QED) is 0.751. The molecule has 0 bridgehead atoms. The van der Waals surface area contributed by atoms with Crippen molar-refractivity contribution >= 4 is 21.6 Å². The van der Waals surface area contributed by atoms with Gasteiger partial charge in [0.05, 0.1) is 24.5 Å². The number of thiophene rings is 1. The maximum atomic E-state index is 12.3. The van der Waals surface area contributed by atoms with Crippen LogP contribution in [0.2, 0.25) is 0 Å². The van der Waals surface area contributed by atoms with E-state index in [0.717, 1.165) is 6.54 Å². The normalized spacial score (nSPS) is 12.8. The third-order valence-corrected chi connectivity index (χ3v) is 4.55. The van der Waals surface area contributed by atoms with Crippen LogP contribution in [0.15, 0.2) is 52.9 Å². The molecule has 6 heteroatoms. The molecule has 0 saturated heterocycles. The summed E-state index contributed by atoms with van der Waals surface area (Å²) in [6.45, 7) is 1.50. The Balaban J connectivity index is 1.63. The van der Waals surface area contributed by atoms with E-state index in [1.165, 1.54) is 27.8 Å². The number of rotatable bonds is 6. The van der Waals surface area contributed by atoms with Crippen molar-refractivity contribution in [3.05, 3.63) is 64.0 Å². The molecule has 1 atom stereocenters. The van der Waals surface area contributed by atoms with E-state index in [1.54, 1.807) is 0 Å². The fourth-order valence-corrected chi connectivity index (χ4v) is 3.41. The van der Waals surface area contributed by atoms with Crippen LogP contribution in [0, 0.1) is 0 Å². The van der Waals surface area contributed by atoms with Crippen LogP contribution in [0.1, 0.15) is 5.56 Å². The molecule has 0 aliphatic rings. The van der Waals surface area contributed by atoms with Gasteiger partial charge in [0.25, 0.3) is 5.56 Å². The average molecular weight is 329 g/mol. The van der Waals surface area contributed by atoms with E-state index in [4.69, 9.17) is 0 Å². The van der Waals surface area contributed by atoms with Gasteiger partial charge in [0.1, 0.15) is 4.70 Å². The van der Waals surface area contributed by atoms with Gasteiger partial charge in [-0.15, -0.1) is 11.3 Å². The van der Waals surface area contributed by atoms with Crippen molar-refractivity contribution in [1.29, 1.82) is 0 Å². The Kier molecular flexibility index (Phi) is 4.85. The number of aromatic nitrogens is 2. The van der Waals surface area contributed by atoms with Crippen molar-refractivity contribution in [3.63, 3.8) is 0 Å². The first-order chi connectivity index (χ1) is 11.1. The van der Waals surface area contributed by atoms with Gasteiger partial charge in [-0.05, 0) is 24.1 Å². The molecule has 0 radical (unpaired) electrons. The van der Waals surface area contributed by atoms with Crippen molar-refractivity contribution in [1.82, 2.24) is 14.5 Å². The smallest absolute Gasteiger partial charge is 0.271 e. The molecule has 0 aliphatic heterocycles. The van der Waals surface area contributed by atoms with Crippen LogP contribution in [-0.2, 0) is 13.1 Å². The highest BCUT2D eigenvalue weighted by molar-refractivity contribution is 7.17. The van der Waals surface area contributed by atoms with Gasteiger partial charge in [-0.2, -0.15) is 0 Å². The van der Waals surface area contributed by atoms with E-state index in [1.807, 2.05) is 41.6 Å². The number of hydrogen-bond acceptors (Lipinski definition) is 5. The average Bonchev–Trinajstić information content (AvgIpc) is 3.00. The van der Waals surface area contributed by atoms with Crippen molar-refractivity contribution < 1.29 is 5.11 Å². The van der Waals surface area contributed by atoms with Crippen LogP contribution in [0.5, 0.6) is 0 Å². The van der Waals surface area contributed by atoms with Crippen molar-refractivity contribution in [3.8, 4) is 0 Å². The number of aliphatic hydroxyl groups is 1. The van der Waals surface area contributed by atoms with E-state index in [9.17, 15) is 9.90 Å². The summed E-state index contributed by atoms with van der Waals surface area (Å²) in [4.78, 5) is 18.6. The highest BCUT2D eigenvalue weighted by Crippen LogP contribution is 2.13. The molecule has 2 aromatic heterocycles. The maximum absolute atomic E-state index is 12.3. The molecular weight excluding hydrogens is 310 g/mol. The second kappa shape index (κ2) is 7.04. The third kappa shape index (κ3) is 3.85. The lowest BCUT2D eigenvalue weighted by atomic mass is 10.2. The first kappa shape index (κ1) is 15.9. The van der Waals surface area contributed by atoms with Crippen LogP contribution in [-0.4, -0.2) is 39.3 Å². The molecule has 3 aromatic rings. The molecule has 2 heterocycles. The largest absolute Gasteiger partial charge is 0.390 e. The van der Waals surface area contributed by atoms with Crippen LogP contribution in [0.4, 0.5) is 0 Å². The molecule has 5 nitrogen and oxygen atoms in total. The number of aliphatic hydroxyl groups excluding tert-OH is 1. The van der Waals surface area contributed by atoms with E-state index < -0.39 is 6.10 Å². The maximum Gasteiger partial charge on any atom is 0.271 e. The molecule has 0 aliphatic carbocycles. The Morgan fingerprint density at radius 1 is 1.30 bits per heavy atom. The third-order valence-electron chi connectivity index (χ3n) is 3.66. The van der Waals surface area contributed by atoms with Crippen molar-refractivity contribution in [2.45, 2.75) is 19.2 Å². The molecule has 0 amide bonds. The van der Waals surface area contributed by atoms with E-state index in [2.05, 4.69) is 17.1 Å². The van der Waals surface area contributed by atoms with Gasteiger partial charge < -0.3 is 5.11 Å². The molecule has 1 aromatic carbocycles. The first-order valence-electron chi connectivity index (χ1n) is 7.46. The fraction of sp³-hybridized carbons (Fsp3) is 0.294. The van der Waals surface area contributed by atoms with Gasteiger partial charge >= 0.3 is 0 Å². The minimum absolute atomic E-state index is 0.0882. The molecule has 0 fully saturated rings. The molecular formula is C17H19N3O2S. The molecule has 3 rings (SSSR count). The molecule has 0 spiro atoms. The molecule has 1 unspecified atom stereocenters. The Bertz CT molecular complexity index is 828. The summed E-state index contributed by atoms with van der Waals surface area (Å²) in [5.74, 6) is 0. The Labute approximate surface area is 138 Å². The lowest BCUT2D eigenvalue weighted by molar-refractivity contribution is 0.106. The van der Waals surface area contributed by atoms with E-state index in [0.29, 0.717) is 16.8 Å². The Hall–Kier alpha value is -2.02. The second-order valence-electron chi connectivity index (χ2n) is 5.67. The lowest BCUT2D eigenvalue weighted by Crippen LogP contribution is -2.34. The zero-order chi connectivity index (χ0) is 16.2. The van der Waals surface area contributed by atoms with Crippen molar-refractivity contribution in [2.24, 2.45) is 0 Å². The number of hydrogen-bond donors (Lipinski definition) is 1. The number of nitrogens with zero attached hydrogens (tertiary/aromatic N) is 3. The predicted octanol–water partition coefficient (Wildman–Crippen LogP) is 1.95. The molecule has 1 N–H and O–H groups in total. The van der Waals surface area contributed by atoms with Gasteiger partial charge in [-0.3, -0.25) is 14.3 Å². The Morgan fingerprint density at radius 3 is 2.87 bits per heavy atom. The van der Waals surface area contributed by atoms with Gasteiger partial charge in [0.2, 0.25) is 0 Å². The van der Waals surface area contributed by atoms with Gasteiger partial charge in [-0.1, -0.05) is 30.3 Å². The summed E-state index contributed by atoms with van der Waals surface area (Å²) >= 11 is 1.38. The standard InChI is InChI=1S/C17H19N3O2S/c1-19(9-13-5-3-2-4-6-13)10-14(21)11-20-12-18-15-7-8-23-16(15)17(20)22/h2-8,12,14,21H,9-11H2,1H3. The molecule has 120 valence electrons. The number of fused-ring (bicyclic) bond motifs is 1. The summed E-state index contributed by atoms with van der Waals surface area (Å²) in [6, 6.07) is 11.9. The zero-order valence-corrected chi connectivity index (χ0v) is 13.7. The highest BCUT2D eigenvalue weighted by atomic mass is 32.1. The second-order valence-corrected chi connectivity index (χ2v) is 6.59. The van der Waals surface area contributed by atoms with Crippen LogP contribution in [0.25, 0.3) is 10.2 Å². The Morgan fingerprint density at radius 2 is 2.09 bits per heavy atom. The number of benzene rings is 1. The van der Waals surface area contributed by atoms with Gasteiger partial charge in [0.15, 0.2) is 0 Å². The summed E-state index contributed by atoms with van der Waals surface area (Å²) in [5, 5.41) is 12.1. The van der Waals surface area contributed by atoms with Crippen LogP contribution in [0.3, 0.4) is 0 Å². The predicted molar refractivity (Wildman–Crippen MR) is 92.7 cm³/mol. The van der Waals surface area contributed by atoms with Crippen molar-refractivity contribution in [2.75, 3.05) is 13.6 Å². The number of likely N-dealkylation sites (N-methyl/N-ethyl adjacent to an activating group) is 1. The summed E-state index contributed by atoms with van der Waals surface area (Å²) in [5.41, 5.74) is 1.82.